The molecule has 0 atom stereocenters. The fraction of sp³-hybridized carbons (Fsp3) is 0. The van der Waals surface area contributed by atoms with Crippen molar-refractivity contribution < 1.29 is 9.13 Å². The molecular formula is C13H8BrFN2OS. The van der Waals surface area contributed by atoms with Crippen LogP contribution in [-0.2, 0) is 0 Å². The Morgan fingerprint density at radius 1 is 1.21 bits per heavy atom. The zero-order valence-corrected chi connectivity index (χ0v) is 12.0. The van der Waals surface area contributed by atoms with E-state index >= 15 is 0 Å². The van der Waals surface area contributed by atoms with E-state index in [-0.39, 0.29) is 5.82 Å². The molecule has 0 aliphatic heterocycles. The third-order valence-corrected chi connectivity index (χ3v) is 4.03. The van der Waals surface area contributed by atoms with Gasteiger partial charge in [0, 0.05) is 0 Å². The first-order valence-electron chi connectivity index (χ1n) is 5.40. The Labute approximate surface area is 121 Å². The molecule has 0 unspecified atom stereocenters. The number of hydrogen-bond acceptors (Lipinski definition) is 4. The summed E-state index contributed by atoms with van der Waals surface area (Å²) in [5.74, 6) is 0.676. The van der Waals surface area contributed by atoms with Crippen molar-refractivity contribution in [3.63, 3.8) is 0 Å². The number of nitrogens with two attached hydrogens (primary N) is 1. The quantitative estimate of drug-likeness (QED) is 0.696. The summed E-state index contributed by atoms with van der Waals surface area (Å²) in [5, 5.41) is 0. The predicted molar refractivity (Wildman–Crippen MR) is 78.2 cm³/mol. The van der Waals surface area contributed by atoms with Crippen LogP contribution in [0.25, 0.3) is 10.2 Å². The first kappa shape index (κ1) is 12.4. The van der Waals surface area contributed by atoms with Crippen molar-refractivity contribution in [2.45, 2.75) is 0 Å². The van der Waals surface area contributed by atoms with Crippen LogP contribution >= 0.6 is 27.3 Å². The van der Waals surface area contributed by atoms with Crippen molar-refractivity contribution in [1.82, 2.24) is 4.98 Å². The fourth-order valence-electron chi connectivity index (χ4n) is 1.70. The predicted octanol–water partition coefficient (Wildman–Crippen LogP) is 4.57. The van der Waals surface area contributed by atoms with Gasteiger partial charge < -0.3 is 10.5 Å². The third kappa shape index (κ3) is 2.29. The lowest BCUT2D eigenvalue weighted by molar-refractivity contribution is 0.480. The molecule has 19 heavy (non-hydrogen) atoms. The molecule has 96 valence electrons. The highest BCUT2D eigenvalue weighted by Gasteiger charge is 2.10. The first-order valence-corrected chi connectivity index (χ1v) is 7.07. The van der Waals surface area contributed by atoms with Crippen molar-refractivity contribution in [1.29, 1.82) is 0 Å². The number of thiazole rings is 1. The summed E-state index contributed by atoms with van der Waals surface area (Å²) in [6.45, 7) is 0. The van der Waals surface area contributed by atoms with Gasteiger partial charge in [-0.3, -0.25) is 0 Å². The second-order valence-electron chi connectivity index (χ2n) is 3.85. The van der Waals surface area contributed by atoms with E-state index in [0.717, 1.165) is 10.2 Å². The SMILES string of the molecule is Nc1c(Oc2ccc(F)cc2Br)ccc2scnc12. The Bertz CT molecular complexity index is 759. The van der Waals surface area contributed by atoms with Crippen LogP contribution in [0, 0.1) is 5.82 Å². The van der Waals surface area contributed by atoms with Gasteiger partial charge in [-0.25, -0.2) is 9.37 Å². The van der Waals surface area contributed by atoms with E-state index in [2.05, 4.69) is 20.9 Å². The van der Waals surface area contributed by atoms with Crippen LogP contribution in [0.15, 0.2) is 40.3 Å². The number of halogens is 2. The van der Waals surface area contributed by atoms with Gasteiger partial charge in [-0.1, -0.05) is 0 Å². The zero-order valence-electron chi connectivity index (χ0n) is 9.56. The van der Waals surface area contributed by atoms with Gasteiger partial charge in [0.15, 0.2) is 5.75 Å². The molecule has 0 fully saturated rings. The van der Waals surface area contributed by atoms with Gasteiger partial charge in [0.25, 0.3) is 0 Å². The van der Waals surface area contributed by atoms with Crippen LogP contribution in [0.4, 0.5) is 10.1 Å². The Balaban J connectivity index is 2.03. The van der Waals surface area contributed by atoms with Crippen molar-refractivity contribution in [3.8, 4) is 11.5 Å². The summed E-state index contributed by atoms with van der Waals surface area (Å²) in [6, 6.07) is 7.90. The topological polar surface area (TPSA) is 48.1 Å². The molecule has 0 amide bonds. The van der Waals surface area contributed by atoms with E-state index in [0.29, 0.717) is 21.7 Å². The summed E-state index contributed by atoms with van der Waals surface area (Å²) < 4.78 is 20.2. The Hall–Kier alpha value is -1.66. The van der Waals surface area contributed by atoms with Crippen LogP contribution in [0.1, 0.15) is 0 Å². The molecule has 0 radical (unpaired) electrons. The normalized spacial score (nSPS) is 10.8. The van der Waals surface area contributed by atoms with Gasteiger partial charge in [0.2, 0.25) is 0 Å². The van der Waals surface area contributed by atoms with Crippen molar-refractivity contribution in [2.75, 3.05) is 5.73 Å². The molecule has 2 N–H and O–H groups in total. The highest BCUT2D eigenvalue weighted by molar-refractivity contribution is 9.10. The molecule has 0 aliphatic rings. The van der Waals surface area contributed by atoms with E-state index in [1.807, 2.05) is 6.07 Å². The molecule has 3 nitrogen and oxygen atoms in total. The first-order chi connectivity index (χ1) is 9.15. The number of anilines is 1. The highest BCUT2D eigenvalue weighted by Crippen LogP contribution is 2.37. The Morgan fingerprint density at radius 3 is 2.79 bits per heavy atom. The second kappa shape index (κ2) is 4.79. The molecule has 0 saturated heterocycles. The minimum atomic E-state index is -0.331. The second-order valence-corrected chi connectivity index (χ2v) is 5.59. The Kier molecular flexibility index (Phi) is 3.12. The van der Waals surface area contributed by atoms with E-state index < -0.39 is 0 Å². The number of benzene rings is 2. The van der Waals surface area contributed by atoms with Gasteiger partial charge in [0.1, 0.15) is 22.8 Å². The standard InChI is InChI=1S/C13H8BrFN2OS/c14-8-5-7(15)1-2-9(8)18-10-3-4-11-13(12(10)16)17-6-19-11/h1-6H,16H2. The monoisotopic (exact) mass is 338 g/mol. The summed E-state index contributed by atoms with van der Waals surface area (Å²) in [7, 11) is 0. The van der Waals surface area contributed by atoms with Gasteiger partial charge >= 0.3 is 0 Å². The van der Waals surface area contributed by atoms with E-state index in [1.54, 1.807) is 17.6 Å². The summed E-state index contributed by atoms with van der Waals surface area (Å²) in [6.07, 6.45) is 0. The minimum Gasteiger partial charge on any atom is -0.454 e. The minimum absolute atomic E-state index is 0.331. The molecule has 1 heterocycles. The largest absolute Gasteiger partial charge is 0.454 e. The number of ether oxygens (including phenoxy) is 1. The number of hydrogen-bond donors (Lipinski definition) is 1. The van der Waals surface area contributed by atoms with Crippen molar-refractivity contribution in [2.24, 2.45) is 0 Å². The zero-order chi connectivity index (χ0) is 13.4. The van der Waals surface area contributed by atoms with Crippen LogP contribution in [0.5, 0.6) is 11.5 Å². The lowest BCUT2D eigenvalue weighted by Crippen LogP contribution is -1.94. The van der Waals surface area contributed by atoms with Crippen LogP contribution in [-0.4, -0.2) is 4.98 Å². The smallest absolute Gasteiger partial charge is 0.152 e. The van der Waals surface area contributed by atoms with Crippen LogP contribution in [0.3, 0.4) is 0 Å². The molecule has 6 heteroatoms. The summed E-state index contributed by atoms with van der Waals surface area (Å²) in [5.41, 5.74) is 8.96. The number of aromatic nitrogens is 1. The lowest BCUT2D eigenvalue weighted by atomic mass is 10.2. The molecule has 3 aromatic rings. The van der Waals surface area contributed by atoms with Gasteiger partial charge in [-0.15, -0.1) is 11.3 Å². The lowest BCUT2D eigenvalue weighted by Gasteiger charge is -2.10. The molecule has 0 aliphatic carbocycles. The molecule has 1 aromatic heterocycles. The van der Waals surface area contributed by atoms with Gasteiger partial charge in [0.05, 0.1) is 14.7 Å². The van der Waals surface area contributed by atoms with E-state index in [1.165, 1.54) is 23.5 Å². The van der Waals surface area contributed by atoms with Crippen LogP contribution < -0.4 is 10.5 Å². The molecule has 0 spiro atoms. The fourth-order valence-corrected chi connectivity index (χ4v) is 2.82. The van der Waals surface area contributed by atoms with E-state index in [4.69, 9.17) is 10.5 Å². The van der Waals surface area contributed by atoms with Gasteiger partial charge in [-0.2, -0.15) is 0 Å². The average Bonchev–Trinajstić information content (AvgIpc) is 2.85. The average molecular weight is 339 g/mol. The number of fused-ring (bicyclic) bond motifs is 1. The molecule has 0 saturated carbocycles. The van der Waals surface area contributed by atoms with E-state index in [9.17, 15) is 4.39 Å². The van der Waals surface area contributed by atoms with Crippen molar-refractivity contribution in [3.05, 3.63) is 46.1 Å². The number of nitrogen functional groups attached to an aromatic ring is 1. The molecule has 3 rings (SSSR count). The van der Waals surface area contributed by atoms with Gasteiger partial charge in [-0.05, 0) is 46.3 Å². The van der Waals surface area contributed by atoms with Crippen molar-refractivity contribution >= 4 is 43.2 Å². The van der Waals surface area contributed by atoms with Crippen LogP contribution in [0.2, 0.25) is 0 Å². The Morgan fingerprint density at radius 2 is 2.00 bits per heavy atom. The number of rotatable bonds is 2. The maximum atomic E-state index is 13.0. The number of nitrogens with zero attached hydrogens (tertiary/aromatic N) is 1. The molecular weight excluding hydrogens is 331 g/mol. The maximum Gasteiger partial charge on any atom is 0.152 e. The maximum absolute atomic E-state index is 13.0. The molecule has 0 bridgehead atoms. The molecule has 2 aromatic carbocycles. The summed E-state index contributed by atoms with van der Waals surface area (Å²) >= 11 is 4.77. The summed E-state index contributed by atoms with van der Waals surface area (Å²) in [4.78, 5) is 4.20. The third-order valence-electron chi connectivity index (χ3n) is 2.62. The highest BCUT2D eigenvalue weighted by atomic mass is 79.9.